The van der Waals surface area contributed by atoms with Crippen LogP contribution in [0, 0.1) is 20.8 Å². The molecule has 0 aliphatic carbocycles. The van der Waals surface area contributed by atoms with Crippen LogP contribution in [-0.2, 0) is 6.54 Å². The fraction of sp³-hybridized carbons (Fsp3) is 0.462. The van der Waals surface area contributed by atoms with Crippen LogP contribution >= 0.6 is 0 Å². The second kappa shape index (κ2) is 5.69. The normalized spacial score (nSPS) is 10.7. The minimum absolute atomic E-state index is 0.494. The van der Waals surface area contributed by atoms with E-state index in [-0.39, 0.29) is 0 Å². The molecular weight excluding hydrogens is 240 g/mol. The van der Waals surface area contributed by atoms with Gasteiger partial charge in [0, 0.05) is 24.8 Å². The molecule has 19 heavy (non-hydrogen) atoms. The first-order valence-electron chi connectivity index (χ1n) is 6.40. The van der Waals surface area contributed by atoms with E-state index >= 15 is 0 Å². The second-order valence-corrected chi connectivity index (χ2v) is 4.66. The fourth-order valence-corrected chi connectivity index (χ4v) is 2.03. The lowest BCUT2D eigenvalue weighted by Gasteiger charge is -2.08. The van der Waals surface area contributed by atoms with Crippen molar-refractivity contribution in [2.75, 3.05) is 17.6 Å². The predicted octanol–water partition coefficient (Wildman–Crippen LogP) is 1.68. The van der Waals surface area contributed by atoms with Gasteiger partial charge in [0.15, 0.2) is 0 Å². The van der Waals surface area contributed by atoms with E-state index in [4.69, 9.17) is 5.73 Å². The molecule has 0 aliphatic rings. The average Bonchev–Trinajstić information content (AvgIpc) is 2.62. The molecule has 6 nitrogen and oxygen atoms in total. The molecular formula is C13H20N6. The highest BCUT2D eigenvalue weighted by Gasteiger charge is 2.01. The number of nitrogens with two attached hydrogens (primary N) is 1. The Labute approximate surface area is 113 Å². The molecule has 6 heteroatoms. The minimum atomic E-state index is 0.494. The van der Waals surface area contributed by atoms with E-state index in [1.165, 1.54) is 5.69 Å². The first-order valence-corrected chi connectivity index (χ1v) is 6.40. The summed E-state index contributed by atoms with van der Waals surface area (Å²) in [5.74, 6) is 1.95. The topological polar surface area (TPSA) is 81.7 Å². The van der Waals surface area contributed by atoms with Crippen LogP contribution in [0.1, 0.15) is 23.6 Å². The van der Waals surface area contributed by atoms with Gasteiger partial charge in [-0.1, -0.05) is 0 Å². The highest BCUT2D eigenvalue weighted by molar-refractivity contribution is 5.44. The first kappa shape index (κ1) is 13.3. The van der Waals surface area contributed by atoms with Crippen molar-refractivity contribution >= 4 is 11.6 Å². The molecule has 0 aliphatic heterocycles. The molecule has 0 bridgehead atoms. The zero-order valence-corrected chi connectivity index (χ0v) is 11.6. The molecule has 0 radical (unpaired) electrons. The van der Waals surface area contributed by atoms with Gasteiger partial charge in [0.2, 0.25) is 0 Å². The van der Waals surface area contributed by atoms with E-state index in [2.05, 4.69) is 33.4 Å². The molecule has 0 atom stereocenters. The lowest BCUT2D eigenvalue weighted by molar-refractivity contribution is 0.573. The summed E-state index contributed by atoms with van der Waals surface area (Å²) in [6, 6.07) is 3.83. The maximum atomic E-state index is 5.67. The van der Waals surface area contributed by atoms with Crippen LogP contribution in [0.4, 0.5) is 11.6 Å². The molecule has 0 aromatic carbocycles. The standard InChI is InChI=1S/C13H20N6/c1-9-7-10(2)19(18-9)6-4-5-15-13-8-12(14)16-11(3)17-13/h7-8H,4-6H2,1-3H3,(H3,14,15,16,17). The van der Waals surface area contributed by atoms with Crippen molar-refractivity contribution in [3.8, 4) is 0 Å². The van der Waals surface area contributed by atoms with E-state index in [9.17, 15) is 0 Å². The van der Waals surface area contributed by atoms with Crippen molar-refractivity contribution in [3.63, 3.8) is 0 Å². The maximum Gasteiger partial charge on any atom is 0.131 e. The van der Waals surface area contributed by atoms with Gasteiger partial charge in [-0.15, -0.1) is 0 Å². The highest BCUT2D eigenvalue weighted by Crippen LogP contribution is 2.08. The molecule has 0 spiro atoms. The smallest absolute Gasteiger partial charge is 0.131 e. The Kier molecular flexibility index (Phi) is 3.99. The van der Waals surface area contributed by atoms with Gasteiger partial charge in [0.1, 0.15) is 17.5 Å². The minimum Gasteiger partial charge on any atom is -0.384 e. The molecule has 3 N–H and O–H groups in total. The Bertz CT molecular complexity index is 540. The molecule has 2 aromatic rings. The van der Waals surface area contributed by atoms with Crippen molar-refractivity contribution in [1.82, 2.24) is 19.7 Å². The highest BCUT2D eigenvalue weighted by atomic mass is 15.3. The fourth-order valence-electron chi connectivity index (χ4n) is 2.03. The number of hydrogen-bond acceptors (Lipinski definition) is 5. The summed E-state index contributed by atoms with van der Waals surface area (Å²) < 4.78 is 2.02. The molecule has 0 amide bonds. The van der Waals surface area contributed by atoms with Gasteiger partial charge in [0.25, 0.3) is 0 Å². The van der Waals surface area contributed by atoms with Gasteiger partial charge in [-0.2, -0.15) is 5.10 Å². The molecule has 0 saturated carbocycles. The van der Waals surface area contributed by atoms with E-state index in [1.54, 1.807) is 6.07 Å². The molecule has 2 rings (SSSR count). The predicted molar refractivity (Wildman–Crippen MR) is 76.0 cm³/mol. The third-order valence-electron chi connectivity index (χ3n) is 2.81. The molecule has 2 heterocycles. The van der Waals surface area contributed by atoms with Crippen LogP contribution in [0.3, 0.4) is 0 Å². The first-order chi connectivity index (χ1) is 9.04. The molecule has 0 saturated heterocycles. The van der Waals surface area contributed by atoms with E-state index < -0.39 is 0 Å². The monoisotopic (exact) mass is 260 g/mol. The number of nitrogens with zero attached hydrogens (tertiary/aromatic N) is 4. The summed E-state index contributed by atoms with van der Waals surface area (Å²) >= 11 is 0. The van der Waals surface area contributed by atoms with E-state index in [0.29, 0.717) is 11.6 Å². The zero-order chi connectivity index (χ0) is 13.8. The Morgan fingerprint density at radius 3 is 2.63 bits per heavy atom. The maximum absolute atomic E-state index is 5.67. The van der Waals surface area contributed by atoms with Crippen LogP contribution in [0.2, 0.25) is 0 Å². The van der Waals surface area contributed by atoms with Crippen LogP contribution in [0.15, 0.2) is 12.1 Å². The number of rotatable bonds is 5. The third kappa shape index (κ3) is 3.67. The van der Waals surface area contributed by atoms with Crippen LogP contribution in [0.25, 0.3) is 0 Å². The summed E-state index contributed by atoms with van der Waals surface area (Å²) in [5, 5.41) is 7.68. The van der Waals surface area contributed by atoms with Crippen LogP contribution in [0.5, 0.6) is 0 Å². The Morgan fingerprint density at radius 1 is 1.21 bits per heavy atom. The van der Waals surface area contributed by atoms with Gasteiger partial charge in [-0.25, -0.2) is 9.97 Å². The van der Waals surface area contributed by atoms with E-state index in [0.717, 1.165) is 31.0 Å². The Hall–Kier alpha value is -2.11. The number of aryl methyl sites for hydroxylation is 4. The zero-order valence-electron chi connectivity index (χ0n) is 11.6. The molecule has 0 fully saturated rings. The van der Waals surface area contributed by atoms with E-state index in [1.807, 2.05) is 18.5 Å². The van der Waals surface area contributed by atoms with Gasteiger partial charge in [0.05, 0.1) is 5.69 Å². The van der Waals surface area contributed by atoms with Gasteiger partial charge in [-0.3, -0.25) is 4.68 Å². The van der Waals surface area contributed by atoms with Gasteiger partial charge >= 0.3 is 0 Å². The summed E-state index contributed by atoms with van der Waals surface area (Å²) in [5.41, 5.74) is 7.93. The number of hydrogen-bond donors (Lipinski definition) is 2. The average molecular weight is 260 g/mol. The van der Waals surface area contributed by atoms with Crippen molar-refractivity contribution in [2.24, 2.45) is 0 Å². The van der Waals surface area contributed by atoms with Gasteiger partial charge < -0.3 is 11.1 Å². The Balaban J connectivity index is 1.82. The van der Waals surface area contributed by atoms with Crippen molar-refractivity contribution in [2.45, 2.75) is 33.7 Å². The molecule has 2 aromatic heterocycles. The van der Waals surface area contributed by atoms with Crippen molar-refractivity contribution in [1.29, 1.82) is 0 Å². The largest absolute Gasteiger partial charge is 0.384 e. The summed E-state index contributed by atoms with van der Waals surface area (Å²) in [6.45, 7) is 7.63. The molecule has 102 valence electrons. The van der Waals surface area contributed by atoms with Crippen molar-refractivity contribution in [3.05, 3.63) is 29.3 Å². The van der Waals surface area contributed by atoms with Gasteiger partial charge in [-0.05, 0) is 33.3 Å². The van der Waals surface area contributed by atoms with Crippen LogP contribution < -0.4 is 11.1 Å². The number of anilines is 2. The lowest BCUT2D eigenvalue weighted by Crippen LogP contribution is -2.10. The summed E-state index contributed by atoms with van der Waals surface area (Å²) in [4.78, 5) is 8.31. The lowest BCUT2D eigenvalue weighted by atomic mass is 10.3. The number of nitrogen functional groups attached to an aromatic ring is 1. The quantitative estimate of drug-likeness (QED) is 0.799. The molecule has 0 unspecified atom stereocenters. The Morgan fingerprint density at radius 2 is 2.00 bits per heavy atom. The van der Waals surface area contributed by atoms with Crippen LogP contribution in [-0.4, -0.2) is 26.3 Å². The number of nitrogens with one attached hydrogen (secondary N) is 1. The summed E-state index contributed by atoms with van der Waals surface area (Å²) in [6.07, 6.45) is 0.977. The van der Waals surface area contributed by atoms with Crippen molar-refractivity contribution < 1.29 is 0 Å². The SMILES string of the molecule is Cc1cc(C)n(CCCNc2cc(N)nc(C)n2)n1. The third-order valence-corrected chi connectivity index (χ3v) is 2.81. The number of aromatic nitrogens is 4. The second-order valence-electron chi connectivity index (χ2n) is 4.66. The summed E-state index contributed by atoms with van der Waals surface area (Å²) in [7, 11) is 0.